The number of nitrogens with one attached hydrogen (secondary N) is 1. The van der Waals surface area contributed by atoms with Crippen molar-refractivity contribution in [3.8, 4) is 0 Å². The number of unbranched alkanes of at least 4 members (excludes halogenated alkanes) is 29. The molecular weight excluding hydrogens is 907 g/mol. The minimum atomic E-state index is -1.58. The van der Waals surface area contributed by atoms with Gasteiger partial charge in [0.15, 0.2) is 6.29 Å². The van der Waals surface area contributed by atoms with Crippen LogP contribution in [0.15, 0.2) is 60.8 Å². The molecule has 0 saturated carbocycles. The van der Waals surface area contributed by atoms with E-state index in [1.165, 1.54) is 122 Å². The van der Waals surface area contributed by atoms with E-state index in [1.54, 1.807) is 6.08 Å². The summed E-state index contributed by atoms with van der Waals surface area (Å²) in [6.07, 6.45) is 54.5. The van der Waals surface area contributed by atoms with Crippen LogP contribution in [0, 0.1) is 0 Å². The number of aliphatic hydroxyl groups is 5. The van der Waals surface area contributed by atoms with E-state index >= 15 is 0 Å². The van der Waals surface area contributed by atoms with Crippen LogP contribution in [0.3, 0.4) is 0 Å². The molecule has 7 unspecified atom stereocenters. The Hall–Kier alpha value is -2.64. The summed E-state index contributed by atoms with van der Waals surface area (Å²) in [5, 5.41) is 54.3. The topological polar surface area (TPSA) is 175 Å². The van der Waals surface area contributed by atoms with Crippen molar-refractivity contribution in [1.29, 1.82) is 0 Å². The first-order valence-corrected chi connectivity index (χ1v) is 29.6. The van der Waals surface area contributed by atoms with Crippen LogP contribution < -0.4 is 5.32 Å². The first kappa shape index (κ1) is 67.4. The first-order valence-electron chi connectivity index (χ1n) is 29.6. The Balaban J connectivity index is 2.11. The predicted molar refractivity (Wildman–Crippen MR) is 296 cm³/mol. The highest BCUT2D eigenvalue weighted by molar-refractivity contribution is 5.76. The lowest BCUT2D eigenvalue weighted by atomic mass is 9.99. The molecule has 72 heavy (non-hydrogen) atoms. The van der Waals surface area contributed by atoms with Gasteiger partial charge >= 0.3 is 5.97 Å². The Morgan fingerprint density at radius 2 is 1.00 bits per heavy atom. The van der Waals surface area contributed by atoms with Gasteiger partial charge in [0.2, 0.25) is 5.91 Å². The summed E-state index contributed by atoms with van der Waals surface area (Å²) in [6.45, 7) is 4.21. The largest absolute Gasteiger partial charge is 0.466 e. The standard InChI is InChI=1S/C61H109NO10/c1-3-5-7-9-11-13-15-24-29-33-37-41-45-49-57(66)70-50-46-42-38-34-30-26-23-21-19-17-18-20-22-25-28-32-36-40-44-48-56(65)62-53(52-71-61-60(69)59(68)58(67)55(51-63)72-61)54(64)47-43-39-35-31-27-16-14-12-10-8-6-4-2/h7,9,13,15,21,23,26,30,43,47,53-55,58-61,63-64,67-69H,3-6,8,10-12,14,16-20,22,24-25,27-29,31-42,44-46,48-52H2,1-2H3,(H,62,65)/b9-7-,15-13-,23-21-,30-26-,47-43+. The summed E-state index contributed by atoms with van der Waals surface area (Å²) in [4.78, 5) is 25.0. The van der Waals surface area contributed by atoms with Crippen molar-refractivity contribution in [1.82, 2.24) is 5.32 Å². The first-order chi connectivity index (χ1) is 35.2. The van der Waals surface area contributed by atoms with Gasteiger partial charge in [-0.25, -0.2) is 0 Å². The smallest absolute Gasteiger partial charge is 0.305 e. The molecule has 0 aromatic heterocycles. The van der Waals surface area contributed by atoms with Gasteiger partial charge < -0.3 is 45.1 Å². The van der Waals surface area contributed by atoms with E-state index in [-0.39, 0.29) is 18.5 Å². The monoisotopic (exact) mass is 1020 g/mol. The molecule has 1 aliphatic heterocycles. The fraction of sp³-hybridized carbons (Fsp3) is 0.803. The zero-order valence-electron chi connectivity index (χ0n) is 45.9. The Bertz CT molecular complexity index is 1380. The number of esters is 1. The number of aliphatic hydroxyl groups excluding tert-OH is 5. The molecule has 1 fully saturated rings. The number of amides is 1. The number of allylic oxidation sites excluding steroid dienone is 9. The average Bonchev–Trinajstić information content (AvgIpc) is 3.38. The summed E-state index contributed by atoms with van der Waals surface area (Å²) < 4.78 is 16.7. The van der Waals surface area contributed by atoms with Gasteiger partial charge in [0.1, 0.15) is 24.4 Å². The van der Waals surface area contributed by atoms with Gasteiger partial charge in [0.05, 0.1) is 32.0 Å². The maximum absolute atomic E-state index is 13.0. The fourth-order valence-corrected chi connectivity index (χ4v) is 8.87. The van der Waals surface area contributed by atoms with E-state index in [4.69, 9.17) is 14.2 Å². The van der Waals surface area contributed by atoms with Crippen LogP contribution in [0.4, 0.5) is 0 Å². The Morgan fingerprint density at radius 1 is 0.528 bits per heavy atom. The van der Waals surface area contributed by atoms with Crippen LogP contribution in [0.1, 0.15) is 251 Å². The van der Waals surface area contributed by atoms with Gasteiger partial charge in [0, 0.05) is 12.8 Å². The van der Waals surface area contributed by atoms with Crippen molar-refractivity contribution in [2.45, 2.75) is 294 Å². The van der Waals surface area contributed by atoms with Gasteiger partial charge in [-0.1, -0.05) is 209 Å². The van der Waals surface area contributed by atoms with Crippen LogP contribution in [0.25, 0.3) is 0 Å². The van der Waals surface area contributed by atoms with E-state index in [1.807, 2.05) is 6.08 Å². The molecule has 11 nitrogen and oxygen atoms in total. The number of carbonyl (C=O) groups is 2. The number of hydrogen-bond donors (Lipinski definition) is 6. The molecule has 0 aliphatic carbocycles. The molecule has 1 rings (SSSR count). The molecule has 0 aromatic rings. The molecule has 1 aliphatic rings. The van der Waals surface area contributed by atoms with Crippen molar-refractivity contribution in [3.05, 3.63) is 60.8 Å². The number of carbonyl (C=O) groups excluding carboxylic acids is 2. The van der Waals surface area contributed by atoms with Gasteiger partial charge in [-0.05, 0) is 89.9 Å². The summed E-state index contributed by atoms with van der Waals surface area (Å²) in [5.74, 6) is -0.238. The Kier molecular flexibility index (Phi) is 47.3. The van der Waals surface area contributed by atoms with Crippen LogP contribution in [-0.4, -0.2) is 100 Å². The molecule has 1 saturated heterocycles. The molecule has 0 spiro atoms. The average molecular weight is 1020 g/mol. The van der Waals surface area contributed by atoms with Gasteiger partial charge in [0.25, 0.3) is 0 Å². The van der Waals surface area contributed by atoms with Crippen molar-refractivity contribution in [2.75, 3.05) is 19.8 Å². The van der Waals surface area contributed by atoms with Gasteiger partial charge in [-0.3, -0.25) is 9.59 Å². The third-order valence-corrected chi connectivity index (χ3v) is 13.6. The van der Waals surface area contributed by atoms with E-state index in [9.17, 15) is 35.1 Å². The lowest BCUT2D eigenvalue weighted by Crippen LogP contribution is -2.60. The lowest BCUT2D eigenvalue weighted by Gasteiger charge is -2.40. The molecule has 418 valence electrons. The minimum absolute atomic E-state index is 0.0444. The van der Waals surface area contributed by atoms with Crippen LogP contribution in [-0.2, 0) is 23.8 Å². The molecule has 7 atom stereocenters. The predicted octanol–water partition coefficient (Wildman–Crippen LogP) is 13.4. The zero-order chi connectivity index (χ0) is 52.4. The number of ether oxygens (including phenoxy) is 3. The molecule has 0 aromatic carbocycles. The molecule has 0 radical (unpaired) electrons. The summed E-state index contributed by atoms with van der Waals surface area (Å²) in [5.41, 5.74) is 0. The fourth-order valence-electron chi connectivity index (χ4n) is 8.87. The highest BCUT2D eigenvalue weighted by Gasteiger charge is 2.44. The second-order valence-corrected chi connectivity index (χ2v) is 20.4. The van der Waals surface area contributed by atoms with Crippen LogP contribution in [0.5, 0.6) is 0 Å². The summed E-state index contributed by atoms with van der Waals surface area (Å²) in [6, 6.07) is -0.819. The molecule has 11 heteroatoms. The molecule has 1 amide bonds. The third-order valence-electron chi connectivity index (χ3n) is 13.6. The number of hydrogen-bond acceptors (Lipinski definition) is 10. The highest BCUT2D eigenvalue weighted by Crippen LogP contribution is 2.23. The third kappa shape index (κ3) is 39.8. The summed E-state index contributed by atoms with van der Waals surface area (Å²) >= 11 is 0. The normalized spacial score (nSPS) is 19.5. The molecular formula is C61H109NO10. The molecule has 1 heterocycles. The second-order valence-electron chi connectivity index (χ2n) is 20.4. The SMILES string of the molecule is CCC/C=C\C/C=C\CCCCCCCC(=O)OCCCCC/C=C\C=C/CCCCCCCCCCCCC(=O)NC(COC1OC(CO)C(O)C(O)C1O)C(O)/C=C/CCCCCCCCCCCC. The minimum Gasteiger partial charge on any atom is -0.466 e. The van der Waals surface area contributed by atoms with Crippen molar-refractivity contribution >= 4 is 11.9 Å². The van der Waals surface area contributed by atoms with E-state index in [0.29, 0.717) is 19.4 Å². The maximum atomic E-state index is 13.0. The zero-order valence-corrected chi connectivity index (χ0v) is 45.9. The maximum Gasteiger partial charge on any atom is 0.305 e. The van der Waals surface area contributed by atoms with Gasteiger partial charge in [-0.2, -0.15) is 0 Å². The number of rotatable bonds is 50. The lowest BCUT2D eigenvalue weighted by molar-refractivity contribution is -0.302. The van der Waals surface area contributed by atoms with Crippen molar-refractivity contribution < 1.29 is 49.3 Å². The van der Waals surface area contributed by atoms with E-state index in [0.717, 1.165) is 103 Å². The second kappa shape index (κ2) is 50.5. The van der Waals surface area contributed by atoms with Crippen LogP contribution >= 0.6 is 0 Å². The highest BCUT2D eigenvalue weighted by atomic mass is 16.7. The van der Waals surface area contributed by atoms with Crippen molar-refractivity contribution in [2.24, 2.45) is 0 Å². The Labute approximate surface area is 439 Å². The van der Waals surface area contributed by atoms with E-state index in [2.05, 4.69) is 67.8 Å². The van der Waals surface area contributed by atoms with Gasteiger partial charge in [-0.15, -0.1) is 0 Å². The van der Waals surface area contributed by atoms with E-state index < -0.39 is 49.5 Å². The Morgan fingerprint density at radius 3 is 1.54 bits per heavy atom. The summed E-state index contributed by atoms with van der Waals surface area (Å²) in [7, 11) is 0. The quantitative estimate of drug-likeness (QED) is 0.0149. The van der Waals surface area contributed by atoms with Crippen molar-refractivity contribution in [3.63, 3.8) is 0 Å². The molecule has 6 N–H and O–H groups in total. The van der Waals surface area contributed by atoms with Crippen LogP contribution in [0.2, 0.25) is 0 Å². The molecule has 0 bridgehead atoms.